The molecule has 0 saturated carbocycles. The number of sulfonamides is 1. The molecule has 1 aromatic rings. The number of amides is 1. The smallest absolute Gasteiger partial charge is 0.241 e. The van der Waals surface area contributed by atoms with Gasteiger partial charge >= 0.3 is 0 Å². The first-order valence-electron chi connectivity index (χ1n) is 9.33. The van der Waals surface area contributed by atoms with E-state index in [0.717, 1.165) is 25.9 Å². The van der Waals surface area contributed by atoms with Crippen LogP contribution in [0.4, 0.5) is 0 Å². The molecule has 1 unspecified atom stereocenters. The summed E-state index contributed by atoms with van der Waals surface area (Å²) in [6, 6.07) is 4.39. The van der Waals surface area contributed by atoms with Gasteiger partial charge in [-0.15, -0.1) is 12.4 Å². The van der Waals surface area contributed by atoms with Crippen molar-refractivity contribution in [3.63, 3.8) is 0 Å². The zero-order chi connectivity index (χ0) is 19.7. The van der Waals surface area contributed by atoms with E-state index in [-0.39, 0.29) is 29.8 Å². The Kier molecular flexibility index (Phi) is 10.6. The van der Waals surface area contributed by atoms with Crippen molar-refractivity contribution in [1.82, 2.24) is 15.4 Å². The fourth-order valence-electron chi connectivity index (χ4n) is 2.86. The Morgan fingerprint density at radius 1 is 1.21 bits per heavy atom. The summed E-state index contributed by atoms with van der Waals surface area (Å²) in [5, 5.41) is 6.06. The van der Waals surface area contributed by atoms with Crippen LogP contribution in [-0.2, 0) is 14.8 Å². The van der Waals surface area contributed by atoms with Crippen LogP contribution in [0.25, 0.3) is 0 Å². The molecule has 0 radical (unpaired) electrons. The minimum Gasteiger partial charge on any atom is -0.490 e. The zero-order valence-corrected chi connectivity index (χ0v) is 18.0. The van der Waals surface area contributed by atoms with Gasteiger partial charge in [-0.05, 0) is 57.8 Å². The molecule has 0 bridgehead atoms. The normalized spacial score (nSPS) is 16.7. The second kappa shape index (κ2) is 12.1. The third-order valence-electron chi connectivity index (χ3n) is 4.23. The highest BCUT2D eigenvalue weighted by Gasteiger charge is 2.19. The van der Waals surface area contributed by atoms with Crippen molar-refractivity contribution in [2.24, 2.45) is 5.92 Å². The highest BCUT2D eigenvalue weighted by atomic mass is 35.5. The second-order valence-electron chi connectivity index (χ2n) is 6.32. The topological polar surface area (TPSA) is 106 Å². The molecule has 2 rings (SSSR count). The molecule has 1 heterocycles. The molecule has 0 aromatic heterocycles. The Balaban J connectivity index is 0.00000392. The average Bonchev–Trinajstić information content (AvgIpc) is 2.67. The van der Waals surface area contributed by atoms with Crippen molar-refractivity contribution in [2.75, 3.05) is 39.4 Å². The van der Waals surface area contributed by atoms with Crippen LogP contribution in [0.2, 0.25) is 0 Å². The van der Waals surface area contributed by atoms with E-state index in [1.54, 1.807) is 13.0 Å². The molecule has 160 valence electrons. The summed E-state index contributed by atoms with van der Waals surface area (Å²) in [6.07, 6.45) is 2.15. The Hall–Kier alpha value is -1.55. The predicted octanol–water partition coefficient (Wildman–Crippen LogP) is 1.30. The molecule has 1 aliphatic heterocycles. The van der Waals surface area contributed by atoms with Gasteiger partial charge in [0, 0.05) is 12.6 Å². The first-order chi connectivity index (χ1) is 13.0. The molecular formula is C18H30ClN3O5S. The first kappa shape index (κ1) is 24.5. The van der Waals surface area contributed by atoms with Gasteiger partial charge in [0.25, 0.3) is 0 Å². The van der Waals surface area contributed by atoms with Crippen molar-refractivity contribution >= 4 is 28.3 Å². The lowest BCUT2D eigenvalue weighted by atomic mass is 10.00. The lowest BCUT2D eigenvalue weighted by molar-refractivity contribution is -0.120. The average molecular weight is 436 g/mol. The summed E-state index contributed by atoms with van der Waals surface area (Å²) in [7, 11) is -3.83. The summed E-state index contributed by atoms with van der Waals surface area (Å²) in [5.41, 5.74) is 0. The number of hydrogen-bond acceptors (Lipinski definition) is 6. The minimum absolute atomic E-state index is 0. The van der Waals surface area contributed by atoms with Crippen LogP contribution in [0.3, 0.4) is 0 Å². The van der Waals surface area contributed by atoms with E-state index in [4.69, 9.17) is 9.47 Å². The van der Waals surface area contributed by atoms with Crippen LogP contribution in [0.1, 0.15) is 26.7 Å². The van der Waals surface area contributed by atoms with Crippen molar-refractivity contribution in [1.29, 1.82) is 0 Å². The van der Waals surface area contributed by atoms with Crippen molar-refractivity contribution in [3.05, 3.63) is 18.2 Å². The van der Waals surface area contributed by atoms with Crippen LogP contribution in [0.5, 0.6) is 11.5 Å². The van der Waals surface area contributed by atoms with Gasteiger partial charge in [0.2, 0.25) is 15.9 Å². The van der Waals surface area contributed by atoms with E-state index >= 15 is 0 Å². The monoisotopic (exact) mass is 435 g/mol. The number of halogens is 1. The van der Waals surface area contributed by atoms with E-state index in [9.17, 15) is 13.2 Å². The van der Waals surface area contributed by atoms with Gasteiger partial charge in [-0.25, -0.2) is 13.1 Å². The van der Waals surface area contributed by atoms with Gasteiger partial charge in [-0.2, -0.15) is 0 Å². The van der Waals surface area contributed by atoms with Crippen molar-refractivity contribution < 1.29 is 22.7 Å². The van der Waals surface area contributed by atoms with Crippen molar-refractivity contribution in [2.45, 2.75) is 31.6 Å². The Labute approximate surface area is 173 Å². The molecule has 8 nitrogen and oxygen atoms in total. The van der Waals surface area contributed by atoms with Gasteiger partial charge < -0.3 is 20.1 Å². The molecule has 10 heteroatoms. The largest absolute Gasteiger partial charge is 0.490 e. The number of carbonyl (C=O) groups is 1. The van der Waals surface area contributed by atoms with Crippen LogP contribution in [0.15, 0.2) is 23.1 Å². The van der Waals surface area contributed by atoms with Gasteiger partial charge in [-0.1, -0.05) is 0 Å². The number of rotatable bonds is 10. The Bertz CT molecular complexity index is 724. The van der Waals surface area contributed by atoms with Crippen molar-refractivity contribution in [3.8, 4) is 11.5 Å². The number of carbonyl (C=O) groups excluding carboxylic acids is 1. The summed E-state index contributed by atoms with van der Waals surface area (Å²) in [4.78, 5) is 12.0. The van der Waals surface area contributed by atoms with E-state index in [1.165, 1.54) is 12.1 Å². The lowest BCUT2D eigenvalue weighted by Crippen LogP contribution is -2.42. The maximum absolute atomic E-state index is 12.5. The minimum atomic E-state index is -3.83. The van der Waals surface area contributed by atoms with Gasteiger partial charge in [0.05, 0.1) is 24.7 Å². The van der Waals surface area contributed by atoms with Gasteiger partial charge in [0.15, 0.2) is 11.5 Å². The van der Waals surface area contributed by atoms with Crippen LogP contribution >= 0.6 is 12.4 Å². The summed E-state index contributed by atoms with van der Waals surface area (Å²) >= 11 is 0. The number of piperidine rings is 1. The molecule has 28 heavy (non-hydrogen) atoms. The van der Waals surface area contributed by atoms with E-state index < -0.39 is 10.0 Å². The summed E-state index contributed by atoms with van der Waals surface area (Å²) in [5.74, 6) is 0.882. The standard InChI is InChI=1S/C18H29N3O5S.ClH/c1-3-25-16-8-7-15(10-17(16)26-4-2)27(23,24)21-13-18(22)20-12-14-6-5-9-19-11-14;/h7-8,10,14,19,21H,3-6,9,11-13H2,1-2H3,(H,20,22);1H. The number of ether oxygens (including phenoxy) is 2. The maximum Gasteiger partial charge on any atom is 0.241 e. The molecule has 1 atom stereocenters. The number of nitrogens with one attached hydrogen (secondary N) is 3. The maximum atomic E-state index is 12.5. The molecule has 1 aromatic carbocycles. The van der Waals surface area contributed by atoms with Gasteiger partial charge in [-0.3, -0.25) is 4.79 Å². The van der Waals surface area contributed by atoms with Crippen LogP contribution in [0, 0.1) is 5.92 Å². The molecule has 3 N–H and O–H groups in total. The Morgan fingerprint density at radius 3 is 2.57 bits per heavy atom. The quantitative estimate of drug-likeness (QED) is 0.511. The van der Waals surface area contributed by atoms with E-state index in [2.05, 4.69) is 15.4 Å². The molecule has 1 aliphatic rings. The van der Waals surface area contributed by atoms with E-state index in [1.807, 2.05) is 6.92 Å². The highest BCUT2D eigenvalue weighted by Crippen LogP contribution is 2.30. The summed E-state index contributed by atoms with van der Waals surface area (Å²) in [6.45, 7) is 6.60. The van der Waals surface area contributed by atoms with Crippen LogP contribution in [-0.4, -0.2) is 53.7 Å². The molecule has 1 saturated heterocycles. The molecule has 1 amide bonds. The van der Waals surface area contributed by atoms with Gasteiger partial charge in [0.1, 0.15) is 0 Å². The fourth-order valence-corrected chi connectivity index (χ4v) is 3.86. The highest BCUT2D eigenvalue weighted by molar-refractivity contribution is 7.89. The predicted molar refractivity (Wildman–Crippen MR) is 110 cm³/mol. The number of hydrogen-bond donors (Lipinski definition) is 3. The first-order valence-corrected chi connectivity index (χ1v) is 10.8. The summed E-state index contributed by atoms with van der Waals surface area (Å²) < 4.78 is 38.2. The fraction of sp³-hybridized carbons (Fsp3) is 0.611. The molecule has 0 spiro atoms. The lowest BCUT2D eigenvalue weighted by Gasteiger charge is -2.22. The molecule has 1 fully saturated rings. The third kappa shape index (κ3) is 7.46. The number of benzene rings is 1. The third-order valence-corrected chi connectivity index (χ3v) is 5.63. The van der Waals surface area contributed by atoms with Crippen LogP contribution < -0.4 is 24.8 Å². The molecular weight excluding hydrogens is 406 g/mol. The SMILES string of the molecule is CCOc1ccc(S(=O)(=O)NCC(=O)NCC2CCCNC2)cc1OCC.Cl. The second-order valence-corrected chi connectivity index (χ2v) is 8.08. The molecule has 0 aliphatic carbocycles. The van der Waals surface area contributed by atoms with E-state index in [0.29, 0.717) is 37.2 Å². The Morgan fingerprint density at radius 2 is 1.93 bits per heavy atom. The zero-order valence-electron chi connectivity index (χ0n) is 16.3.